The fourth-order valence-corrected chi connectivity index (χ4v) is 2.73. The van der Waals surface area contributed by atoms with Crippen molar-refractivity contribution in [2.24, 2.45) is 0 Å². The SMILES string of the molecule is O=C(C=Cc1ccccc1[N+](=O)[O-])c1cccc(N2CCOCC2)c1. The molecule has 1 heterocycles. The Morgan fingerprint density at radius 1 is 1.12 bits per heavy atom. The largest absolute Gasteiger partial charge is 0.378 e. The maximum atomic E-state index is 12.4. The third-order valence-electron chi connectivity index (χ3n) is 4.05. The smallest absolute Gasteiger partial charge is 0.276 e. The van der Waals surface area contributed by atoms with E-state index in [1.54, 1.807) is 24.3 Å². The monoisotopic (exact) mass is 338 g/mol. The average Bonchev–Trinajstić information content (AvgIpc) is 2.67. The van der Waals surface area contributed by atoms with Crippen molar-refractivity contribution in [2.75, 3.05) is 31.2 Å². The van der Waals surface area contributed by atoms with Crippen LogP contribution in [0.15, 0.2) is 54.6 Å². The normalized spacial score (nSPS) is 14.6. The van der Waals surface area contributed by atoms with Crippen LogP contribution in [0.4, 0.5) is 11.4 Å². The first kappa shape index (κ1) is 16.9. The second-order valence-corrected chi connectivity index (χ2v) is 5.66. The van der Waals surface area contributed by atoms with Gasteiger partial charge in [-0.1, -0.05) is 24.3 Å². The van der Waals surface area contributed by atoms with E-state index < -0.39 is 4.92 Å². The number of nitro benzene ring substituents is 1. The number of anilines is 1. The Bertz CT molecular complexity index is 811. The van der Waals surface area contributed by atoms with E-state index in [1.165, 1.54) is 18.2 Å². The summed E-state index contributed by atoms with van der Waals surface area (Å²) in [5.41, 5.74) is 1.92. The number of nitrogens with zero attached hydrogens (tertiary/aromatic N) is 2. The fourth-order valence-electron chi connectivity index (χ4n) is 2.73. The van der Waals surface area contributed by atoms with Gasteiger partial charge in [0.2, 0.25) is 0 Å². The fraction of sp³-hybridized carbons (Fsp3) is 0.211. The second kappa shape index (κ2) is 7.72. The number of allylic oxidation sites excluding steroid dienone is 1. The zero-order chi connectivity index (χ0) is 17.6. The van der Waals surface area contributed by atoms with Crippen molar-refractivity contribution < 1.29 is 14.5 Å². The van der Waals surface area contributed by atoms with Crippen LogP contribution in [0.1, 0.15) is 15.9 Å². The van der Waals surface area contributed by atoms with Gasteiger partial charge in [0.05, 0.1) is 23.7 Å². The summed E-state index contributed by atoms with van der Waals surface area (Å²) in [5.74, 6) is -0.187. The first-order valence-corrected chi connectivity index (χ1v) is 8.04. The number of carbonyl (C=O) groups is 1. The average molecular weight is 338 g/mol. The van der Waals surface area contributed by atoms with Gasteiger partial charge in [0, 0.05) is 30.4 Å². The molecule has 3 rings (SSSR count). The highest BCUT2D eigenvalue weighted by Crippen LogP contribution is 2.21. The molecule has 0 atom stereocenters. The molecule has 0 aromatic heterocycles. The molecule has 25 heavy (non-hydrogen) atoms. The van der Waals surface area contributed by atoms with Crippen LogP contribution in [0, 0.1) is 10.1 Å². The molecule has 0 spiro atoms. The highest BCUT2D eigenvalue weighted by molar-refractivity contribution is 6.07. The topological polar surface area (TPSA) is 72.7 Å². The number of hydrogen-bond acceptors (Lipinski definition) is 5. The van der Waals surface area contributed by atoms with E-state index in [9.17, 15) is 14.9 Å². The van der Waals surface area contributed by atoms with Crippen molar-refractivity contribution in [2.45, 2.75) is 0 Å². The van der Waals surface area contributed by atoms with Crippen molar-refractivity contribution in [1.82, 2.24) is 0 Å². The number of hydrogen-bond donors (Lipinski definition) is 0. The van der Waals surface area contributed by atoms with Gasteiger partial charge in [0.15, 0.2) is 5.78 Å². The van der Waals surface area contributed by atoms with Crippen molar-refractivity contribution in [1.29, 1.82) is 0 Å². The Labute approximate surface area is 145 Å². The minimum atomic E-state index is -0.455. The molecule has 2 aromatic rings. The van der Waals surface area contributed by atoms with Crippen LogP contribution < -0.4 is 4.90 Å². The molecule has 1 aliphatic rings. The van der Waals surface area contributed by atoms with Gasteiger partial charge < -0.3 is 9.64 Å². The summed E-state index contributed by atoms with van der Waals surface area (Å²) >= 11 is 0. The molecule has 1 saturated heterocycles. The minimum absolute atomic E-state index is 0.0198. The van der Waals surface area contributed by atoms with Crippen LogP contribution in [0.5, 0.6) is 0 Å². The second-order valence-electron chi connectivity index (χ2n) is 5.66. The van der Waals surface area contributed by atoms with Crippen LogP contribution in [-0.4, -0.2) is 37.0 Å². The summed E-state index contributed by atoms with van der Waals surface area (Å²) in [5, 5.41) is 11.0. The quantitative estimate of drug-likeness (QED) is 0.362. The maximum absolute atomic E-state index is 12.4. The number of ketones is 1. The lowest BCUT2D eigenvalue weighted by molar-refractivity contribution is -0.385. The Hall–Kier alpha value is -2.99. The van der Waals surface area contributed by atoms with E-state index in [0.29, 0.717) is 24.3 Å². The summed E-state index contributed by atoms with van der Waals surface area (Å²) in [7, 11) is 0. The number of ether oxygens (including phenoxy) is 1. The molecule has 2 aromatic carbocycles. The van der Waals surface area contributed by atoms with Crippen molar-refractivity contribution in [3.63, 3.8) is 0 Å². The Balaban J connectivity index is 1.78. The summed E-state index contributed by atoms with van der Waals surface area (Å²) < 4.78 is 5.34. The molecule has 128 valence electrons. The molecule has 1 aliphatic heterocycles. The third-order valence-corrected chi connectivity index (χ3v) is 4.05. The Morgan fingerprint density at radius 3 is 2.64 bits per heavy atom. The van der Waals surface area contributed by atoms with E-state index >= 15 is 0 Å². The van der Waals surface area contributed by atoms with Gasteiger partial charge in [-0.05, 0) is 30.4 Å². The van der Waals surface area contributed by atoms with E-state index in [1.807, 2.05) is 18.2 Å². The van der Waals surface area contributed by atoms with E-state index in [2.05, 4.69) is 4.90 Å². The van der Waals surface area contributed by atoms with Gasteiger partial charge in [0.25, 0.3) is 5.69 Å². The number of morpholine rings is 1. The number of rotatable bonds is 5. The molecule has 0 bridgehead atoms. The van der Waals surface area contributed by atoms with Crippen molar-refractivity contribution in [3.05, 3.63) is 75.8 Å². The molecular weight excluding hydrogens is 320 g/mol. The summed E-state index contributed by atoms with van der Waals surface area (Å²) in [6, 6.07) is 13.7. The van der Waals surface area contributed by atoms with Gasteiger partial charge in [-0.25, -0.2) is 0 Å². The highest BCUT2D eigenvalue weighted by Gasteiger charge is 2.13. The van der Waals surface area contributed by atoms with Crippen LogP contribution in [0.25, 0.3) is 6.08 Å². The van der Waals surface area contributed by atoms with Gasteiger partial charge in [-0.2, -0.15) is 0 Å². The third kappa shape index (κ3) is 4.10. The zero-order valence-corrected chi connectivity index (χ0v) is 13.6. The van der Waals surface area contributed by atoms with Crippen molar-refractivity contribution in [3.8, 4) is 0 Å². The molecule has 0 N–H and O–H groups in total. The molecule has 0 amide bonds. The number of nitro groups is 1. The summed E-state index contributed by atoms with van der Waals surface area (Å²) in [4.78, 5) is 25.2. The highest BCUT2D eigenvalue weighted by atomic mass is 16.6. The predicted octanol–water partition coefficient (Wildman–Crippen LogP) is 3.33. The number of para-hydroxylation sites is 1. The zero-order valence-electron chi connectivity index (χ0n) is 13.6. The predicted molar refractivity (Wildman–Crippen MR) is 95.9 cm³/mol. The summed E-state index contributed by atoms with van der Waals surface area (Å²) in [6.45, 7) is 2.94. The van der Waals surface area contributed by atoms with E-state index in [-0.39, 0.29) is 11.5 Å². The number of benzene rings is 2. The van der Waals surface area contributed by atoms with Gasteiger partial charge in [-0.3, -0.25) is 14.9 Å². The van der Waals surface area contributed by atoms with Crippen LogP contribution in [0.2, 0.25) is 0 Å². The first-order chi connectivity index (χ1) is 12.1. The molecule has 0 radical (unpaired) electrons. The minimum Gasteiger partial charge on any atom is -0.378 e. The lowest BCUT2D eigenvalue weighted by Gasteiger charge is -2.29. The molecule has 6 heteroatoms. The van der Waals surface area contributed by atoms with Crippen molar-refractivity contribution >= 4 is 23.2 Å². The molecule has 0 aliphatic carbocycles. The van der Waals surface area contributed by atoms with Gasteiger partial charge >= 0.3 is 0 Å². The van der Waals surface area contributed by atoms with Crippen LogP contribution in [0.3, 0.4) is 0 Å². The lowest BCUT2D eigenvalue weighted by Crippen LogP contribution is -2.36. The van der Waals surface area contributed by atoms with Crippen LogP contribution >= 0.6 is 0 Å². The standard InChI is InChI=1S/C19H18N2O4/c22-19(9-8-15-4-1-2-7-18(15)21(23)24)16-5-3-6-17(14-16)20-10-12-25-13-11-20/h1-9,14H,10-13H2. The summed E-state index contributed by atoms with van der Waals surface area (Å²) in [6.07, 6.45) is 2.86. The molecule has 0 saturated carbocycles. The van der Waals surface area contributed by atoms with Crippen LogP contribution in [-0.2, 0) is 4.74 Å². The van der Waals surface area contributed by atoms with E-state index in [0.717, 1.165) is 18.8 Å². The Morgan fingerprint density at radius 2 is 1.88 bits per heavy atom. The number of carbonyl (C=O) groups excluding carboxylic acids is 1. The molecule has 0 unspecified atom stereocenters. The lowest BCUT2D eigenvalue weighted by atomic mass is 10.1. The van der Waals surface area contributed by atoms with Gasteiger partial charge in [0.1, 0.15) is 0 Å². The molecule has 1 fully saturated rings. The molecular formula is C19H18N2O4. The molecule has 6 nitrogen and oxygen atoms in total. The Kier molecular flexibility index (Phi) is 5.20. The first-order valence-electron chi connectivity index (χ1n) is 8.04. The van der Waals surface area contributed by atoms with Gasteiger partial charge in [-0.15, -0.1) is 0 Å². The van der Waals surface area contributed by atoms with E-state index in [4.69, 9.17) is 4.74 Å². The maximum Gasteiger partial charge on any atom is 0.276 e.